The minimum Gasteiger partial charge on any atom is -0.342 e. The van der Waals surface area contributed by atoms with Gasteiger partial charge in [-0.3, -0.25) is 14.5 Å². The number of hydrogen-bond donors (Lipinski definition) is 0. The second kappa shape index (κ2) is 10.3. The third-order valence-electron chi connectivity index (χ3n) is 7.16. The van der Waals surface area contributed by atoms with E-state index in [0.29, 0.717) is 29.9 Å². The molecule has 2 aromatic carbocycles. The smallest absolute Gasteiger partial charge is 0.274 e. The van der Waals surface area contributed by atoms with Crippen LogP contribution in [0.3, 0.4) is 0 Å². The highest BCUT2D eigenvalue weighted by atomic mass is 35.5. The summed E-state index contributed by atoms with van der Waals surface area (Å²) in [6.07, 6.45) is 6.05. The van der Waals surface area contributed by atoms with Crippen molar-refractivity contribution in [3.05, 3.63) is 75.2 Å². The lowest BCUT2D eigenvalue weighted by Crippen LogP contribution is -2.45. The summed E-state index contributed by atoms with van der Waals surface area (Å²) in [7, 11) is 0. The van der Waals surface area contributed by atoms with E-state index in [1.807, 2.05) is 53.4 Å². The van der Waals surface area contributed by atoms with Gasteiger partial charge in [0.1, 0.15) is 0 Å². The quantitative estimate of drug-likeness (QED) is 0.534. The number of carbonyl (C=O) groups is 1. The lowest BCUT2D eigenvalue weighted by molar-refractivity contribution is -0.133. The number of hydrogen-bond acceptors (Lipinski definition) is 4. The van der Waals surface area contributed by atoms with E-state index in [9.17, 15) is 9.59 Å². The Kier molecular flexibility index (Phi) is 6.97. The van der Waals surface area contributed by atoms with Crippen molar-refractivity contribution in [3.8, 4) is 0 Å². The molecule has 7 heteroatoms. The van der Waals surface area contributed by atoms with Gasteiger partial charge in [-0.25, -0.2) is 4.68 Å². The highest BCUT2D eigenvalue weighted by Gasteiger charge is 2.29. The first-order chi connectivity index (χ1) is 16.6. The van der Waals surface area contributed by atoms with Crippen LogP contribution in [0.5, 0.6) is 0 Å². The Bertz CT molecular complexity index is 1220. The van der Waals surface area contributed by atoms with Gasteiger partial charge >= 0.3 is 0 Å². The van der Waals surface area contributed by atoms with E-state index in [2.05, 4.69) is 4.90 Å². The van der Waals surface area contributed by atoms with Crippen molar-refractivity contribution in [3.63, 3.8) is 0 Å². The van der Waals surface area contributed by atoms with Gasteiger partial charge < -0.3 is 4.90 Å². The third kappa shape index (κ3) is 5.03. The van der Waals surface area contributed by atoms with Crippen LogP contribution in [0.1, 0.15) is 43.4 Å². The van der Waals surface area contributed by atoms with E-state index in [1.54, 1.807) is 4.68 Å². The molecule has 1 unspecified atom stereocenters. The van der Waals surface area contributed by atoms with Crippen LogP contribution in [0, 0.1) is 0 Å². The number of nitrogens with zero attached hydrogens (tertiary/aromatic N) is 4. The molecule has 0 saturated carbocycles. The number of amides is 1. The molecule has 2 fully saturated rings. The van der Waals surface area contributed by atoms with Crippen LogP contribution in [0.2, 0.25) is 5.02 Å². The van der Waals surface area contributed by atoms with Crippen molar-refractivity contribution in [1.29, 1.82) is 0 Å². The van der Waals surface area contributed by atoms with Crippen LogP contribution >= 0.6 is 11.6 Å². The molecule has 2 aliphatic heterocycles. The minimum absolute atomic E-state index is 0.0651. The summed E-state index contributed by atoms with van der Waals surface area (Å²) >= 11 is 6.06. The fraction of sp³-hybridized carbons (Fsp3) is 0.444. The number of rotatable bonds is 6. The van der Waals surface area contributed by atoms with Gasteiger partial charge in [0.25, 0.3) is 5.56 Å². The van der Waals surface area contributed by atoms with Gasteiger partial charge in [-0.1, -0.05) is 41.9 Å². The third-order valence-corrected chi connectivity index (χ3v) is 7.41. The molecule has 0 spiro atoms. The Morgan fingerprint density at radius 1 is 0.941 bits per heavy atom. The predicted molar refractivity (Wildman–Crippen MR) is 135 cm³/mol. The lowest BCUT2D eigenvalue weighted by Gasteiger charge is -2.30. The maximum atomic E-state index is 13.3. The lowest BCUT2D eigenvalue weighted by atomic mass is 10.0. The molecule has 1 atom stereocenters. The van der Waals surface area contributed by atoms with Crippen LogP contribution in [-0.2, 0) is 17.8 Å². The summed E-state index contributed by atoms with van der Waals surface area (Å²) in [6, 6.07) is 15.6. The summed E-state index contributed by atoms with van der Waals surface area (Å²) in [4.78, 5) is 30.4. The van der Waals surface area contributed by atoms with Crippen molar-refractivity contribution in [1.82, 2.24) is 19.6 Å². The van der Waals surface area contributed by atoms with Crippen molar-refractivity contribution >= 4 is 28.3 Å². The van der Waals surface area contributed by atoms with Gasteiger partial charge in [-0.2, -0.15) is 5.10 Å². The summed E-state index contributed by atoms with van der Waals surface area (Å²) in [6.45, 7) is 3.58. The molecular weight excluding hydrogens is 448 g/mol. The van der Waals surface area contributed by atoms with E-state index in [-0.39, 0.29) is 17.5 Å². The standard InChI is InChI=1S/C27H31ClN4O2/c28-21-12-10-20(11-13-21)17-25-23-8-2-3-9-24(23)27(34)32(29-25)18-22-7-6-16-31(22)19-26(33)30-14-4-1-5-15-30/h2-3,8-13,22H,1,4-7,14-19H2. The summed E-state index contributed by atoms with van der Waals surface area (Å²) in [5.41, 5.74) is 1.91. The molecule has 3 aromatic rings. The minimum atomic E-state index is -0.0651. The molecule has 3 heterocycles. The SMILES string of the molecule is O=C(CN1CCCC1Cn1nc(Cc2ccc(Cl)cc2)c2ccccc2c1=O)N1CCCCC1. The van der Waals surface area contributed by atoms with Crippen molar-refractivity contribution in [2.24, 2.45) is 0 Å². The van der Waals surface area contributed by atoms with Crippen molar-refractivity contribution in [2.75, 3.05) is 26.2 Å². The van der Waals surface area contributed by atoms with Crippen LogP contribution in [0.25, 0.3) is 10.8 Å². The second-order valence-corrected chi connectivity index (χ2v) is 9.93. The monoisotopic (exact) mass is 478 g/mol. The molecule has 1 amide bonds. The highest BCUT2D eigenvalue weighted by Crippen LogP contribution is 2.22. The Hall–Kier alpha value is -2.70. The number of benzene rings is 2. The number of aromatic nitrogens is 2. The number of halogens is 1. The molecule has 2 saturated heterocycles. The Morgan fingerprint density at radius 3 is 2.44 bits per heavy atom. The average Bonchev–Trinajstić information content (AvgIpc) is 3.30. The van der Waals surface area contributed by atoms with E-state index < -0.39 is 0 Å². The van der Waals surface area contributed by atoms with Crippen LogP contribution in [0.15, 0.2) is 53.3 Å². The molecule has 5 rings (SSSR count). The molecule has 178 valence electrons. The zero-order valence-electron chi connectivity index (χ0n) is 19.5. The largest absolute Gasteiger partial charge is 0.342 e. The Morgan fingerprint density at radius 2 is 1.68 bits per heavy atom. The molecule has 0 bridgehead atoms. The van der Waals surface area contributed by atoms with E-state index in [0.717, 1.165) is 62.0 Å². The zero-order chi connectivity index (χ0) is 23.5. The number of carbonyl (C=O) groups excluding carboxylic acids is 1. The Balaban J connectivity index is 1.39. The molecule has 0 N–H and O–H groups in total. The summed E-state index contributed by atoms with van der Waals surface area (Å²) in [5, 5.41) is 7.12. The van der Waals surface area contributed by atoms with Crippen LogP contribution in [0.4, 0.5) is 0 Å². The summed E-state index contributed by atoms with van der Waals surface area (Å²) in [5.74, 6) is 0.217. The molecule has 1 aromatic heterocycles. The molecule has 2 aliphatic rings. The van der Waals surface area contributed by atoms with Gasteiger partial charge in [0.2, 0.25) is 5.91 Å². The number of likely N-dealkylation sites (tertiary alicyclic amines) is 2. The normalized spacial score (nSPS) is 19.1. The van der Waals surface area contributed by atoms with Crippen LogP contribution < -0.4 is 5.56 Å². The first kappa shape index (κ1) is 23.1. The first-order valence-electron chi connectivity index (χ1n) is 12.3. The van der Waals surface area contributed by atoms with Gasteiger partial charge in [-0.15, -0.1) is 0 Å². The first-order valence-corrected chi connectivity index (χ1v) is 12.7. The summed E-state index contributed by atoms with van der Waals surface area (Å²) < 4.78 is 1.63. The van der Waals surface area contributed by atoms with Crippen LogP contribution in [-0.4, -0.2) is 57.7 Å². The maximum absolute atomic E-state index is 13.3. The molecule has 0 aliphatic carbocycles. The fourth-order valence-electron chi connectivity index (χ4n) is 5.28. The molecule has 34 heavy (non-hydrogen) atoms. The van der Waals surface area contributed by atoms with Gasteiger partial charge in [0, 0.05) is 36.0 Å². The van der Waals surface area contributed by atoms with E-state index >= 15 is 0 Å². The highest BCUT2D eigenvalue weighted by molar-refractivity contribution is 6.30. The van der Waals surface area contributed by atoms with Crippen molar-refractivity contribution in [2.45, 2.75) is 51.1 Å². The van der Waals surface area contributed by atoms with E-state index in [1.165, 1.54) is 6.42 Å². The number of fused-ring (bicyclic) bond motifs is 1. The molecule has 6 nitrogen and oxygen atoms in total. The second-order valence-electron chi connectivity index (χ2n) is 9.49. The zero-order valence-corrected chi connectivity index (χ0v) is 20.2. The Labute approximate surface area is 205 Å². The van der Waals surface area contributed by atoms with Gasteiger partial charge in [0.15, 0.2) is 0 Å². The van der Waals surface area contributed by atoms with Gasteiger partial charge in [0.05, 0.1) is 24.2 Å². The predicted octanol–water partition coefficient (Wildman–Crippen LogP) is 4.12. The van der Waals surface area contributed by atoms with Crippen molar-refractivity contribution < 1.29 is 4.79 Å². The van der Waals surface area contributed by atoms with E-state index in [4.69, 9.17) is 16.7 Å². The number of piperidine rings is 1. The van der Waals surface area contributed by atoms with Gasteiger partial charge in [-0.05, 0) is 62.4 Å². The molecular formula is C27H31ClN4O2. The average molecular weight is 479 g/mol. The maximum Gasteiger partial charge on any atom is 0.274 e. The fourth-order valence-corrected chi connectivity index (χ4v) is 5.41. The topological polar surface area (TPSA) is 58.4 Å². The molecule has 0 radical (unpaired) electrons.